The smallest absolute Gasteiger partial charge is 0.321 e. The molecule has 0 spiro atoms. The summed E-state index contributed by atoms with van der Waals surface area (Å²) in [7, 11) is 0. The first kappa shape index (κ1) is 16.0. The summed E-state index contributed by atoms with van der Waals surface area (Å²) in [6.45, 7) is 5.67. The molecule has 0 aliphatic carbocycles. The second-order valence-corrected chi connectivity index (χ2v) is 3.99. The second-order valence-electron chi connectivity index (χ2n) is 3.99. The van der Waals surface area contributed by atoms with Crippen LogP contribution >= 0.6 is 0 Å². The minimum atomic E-state index is -0.268. The Morgan fingerprint density at radius 3 is 2.68 bits per heavy atom. The molecule has 1 heterocycles. The van der Waals surface area contributed by atoms with E-state index in [1.165, 1.54) is 0 Å². The molecule has 0 saturated heterocycles. The minimum absolute atomic E-state index is 0. The Morgan fingerprint density at radius 2 is 2.11 bits per heavy atom. The van der Waals surface area contributed by atoms with Crippen molar-refractivity contribution in [3.8, 4) is 0 Å². The van der Waals surface area contributed by atoms with Crippen LogP contribution in [0.5, 0.6) is 0 Å². The summed E-state index contributed by atoms with van der Waals surface area (Å²) in [6.07, 6.45) is 0.639. The predicted molar refractivity (Wildman–Crippen MR) is 66.4 cm³/mol. The van der Waals surface area contributed by atoms with E-state index in [9.17, 15) is 4.79 Å². The van der Waals surface area contributed by atoms with Crippen molar-refractivity contribution in [2.45, 2.75) is 27.2 Å². The summed E-state index contributed by atoms with van der Waals surface area (Å²) in [5, 5.41) is 10.1. The van der Waals surface area contributed by atoms with Crippen molar-refractivity contribution in [2.24, 2.45) is 0 Å². The first-order chi connectivity index (χ1) is 8.60. The Bertz CT molecular complexity index is 581. The number of hydrogen-bond donors (Lipinski definition) is 1. The van der Waals surface area contributed by atoms with Gasteiger partial charge in [-0.3, -0.25) is 10.1 Å². The number of benzene rings is 1. The van der Waals surface area contributed by atoms with E-state index in [1.807, 2.05) is 26.8 Å². The molecular weight excluding hydrogens is 319 g/mol. The maximum atomic E-state index is 12.0. The number of rotatable bonds is 3. The van der Waals surface area contributed by atoms with Crippen molar-refractivity contribution in [1.82, 2.24) is 10.2 Å². The average molecular weight is 333 g/mol. The number of nitrogens with one attached hydrogen (secondary N) is 1. The molecule has 0 aliphatic heterocycles. The van der Waals surface area contributed by atoms with Crippen LogP contribution in [0.15, 0.2) is 16.5 Å². The van der Waals surface area contributed by atoms with Gasteiger partial charge in [0, 0.05) is 39.1 Å². The van der Waals surface area contributed by atoms with Gasteiger partial charge < -0.3 is 4.42 Å². The zero-order valence-electron chi connectivity index (χ0n) is 11.2. The van der Waals surface area contributed by atoms with Crippen LogP contribution in [-0.4, -0.2) is 16.1 Å². The molecule has 1 aromatic heterocycles. The van der Waals surface area contributed by atoms with Crippen LogP contribution in [-0.2, 0) is 39.1 Å². The maximum Gasteiger partial charge on any atom is 0.321 e. The van der Waals surface area contributed by atoms with Gasteiger partial charge in [-0.15, -0.1) is 5.10 Å². The van der Waals surface area contributed by atoms with Crippen molar-refractivity contribution >= 4 is 11.9 Å². The SMILES string of the molecule is CCc1nnc(NC(=O)c2ccc(C)[c-]c2C)o1.[Y]. The average Bonchev–Trinajstić information content (AvgIpc) is 2.76. The van der Waals surface area contributed by atoms with Crippen molar-refractivity contribution in [2.75, 3.05) is 5.32 Å². The van der Waals surface area contributed by atoms with Crippen LogP contribution in [0.2, 0.25) is 0 Å². The molecule has 0 atom stereocenters. The maximum absolute atomic E-state index is 12.0. The van der Waals surface area contributed by atoms with Crippen LogP contribution in [0.3, 0.4) is 0 Å². The van der Waals surface area contributed by atoms with Gasteiger partial charge in [-0.05, 0) is 0 Å². The fourth-order valence-corrected chi connectivity index (χ4v) is 1.60. The van der Waals surface area contributed by atoms with E-state index in [0.717, 1.165) is 11.1 Å². The molecule has 2 aromatic rings. The molecule has 5 nitrogen and oxygen atoms in total. The number of aryl methyl sites for hydroxylation is 3. The number of anilines is 1. The van der Waals surface area contributed by atoms with Gasteiger partial charge in [0.1, 0.15) is 0 Å². The Labute approximate surface area is 137 Å². The number of nitrogens with zero attached hydrogens (tertiary/aromatic N) is 2. The summed E-state index contributed by atoms with van der Waals surface area (Å²) >= 11 is 0. The number of carbonyl (C=O) groups excluding carboxylic acids is 1. The molecule has 0 bridgehead atoms. The van der Waals surface area contributed by atoms with Crippen molar-refractivity contribution in [3.05, 3.63) is 40.8 Å². The molecule has 1 aromatic carbocycles. The van der Waals surface area contributed by atoms with E-state index in [2.05, 4.69) is 21.6 Å². The minimum Gasteiger partial charge on any atom is -0.408 e. The summed E-state index contributed by atoms with van der Waals surface area (Å²) in [4.78, 5) is 12.0. The van der Waals surface area contributed by atoms with Gasteiger partial charge in [0.05, 0.1) is 0 Å². The first-order valence-corrected chi connectivity index (χ1v) is 5.73. The number of carbonyl (C=O) groups is 1. The largest absolute Gasteiger partial charge is 0.408 e. The van der Waals surface area contributed by atoms with Gasteiger partial charge in [-0.25, -0.2) is 0 Å². The molecule has 0 saturated carbocycles. The van der Waals surface area contributed by atoms with E-state index in [-0.39, 0.29) is 44.6 Å². The number of aromatic nitrogens is 2. The molecule has 19 heavy (non-hydrogen) atoms. The molecule has 1 amide bonds. The number of amides is 1. The molecule has 1 radical (unpaired) electrons. The van der Waals surface area contributed by atoms with Crippen LogP contribution in [0.4, 0.5) is 6.01 Å². The van der Waals surface area contributed by atoms with Crippen molar-refractivity contribution in [3.63, 3.8) is 0 Å². The zero-order chi connectivity index (χ0) is 13.1. The third-order valence-electron chi connectivity index (χ3n) is 2.52. The Morgan fingerprint density at radius 1 is 1.37 bits per heavy atom. The van der Waals surface area contributed by atoms with Gasteiger partial charge in [-0.1, -0.05) is 31.4 Å². The fraction of sp³-hybridized carbons (Fsp3) is 0.308. The molecule has 1 N–H and O–H groups in total. The summed E-state index contributed by atoms with van der Waals surface area (Å²) in [5.41, 5.74) is 2.34. The number of hydrogen-bond acceptors (Lipinski definition) is 4. The van der Waals surface area contributed by atoms with Gasteiger partial charge in [0.25, 0.3) is 0 Å². The first-order valence-electron chi connectivity index (χ1n) is 5.73. The van der Waals surface area contributed by atoms with Crippen molar-refractivity contribution < 1.29 is 41.9 Å². The molecular formula is C13H14N3O2Y-. The van der Waals surface area contributed by atoms with Crippen LogP contribution in [0.1, 0.15) is 34.3 Å². The quantitative estimate of drug-likeness (QED) is 0.875. The summed E-state index contributed by atoms with van der Waals surface area (Å²) < 4.78 is 5.22. The molecule has 97 valence electrons. The fourth-order valence-electron chi connectivity index (χ4n) is 1.60. The topological polar surface area (TPSA) is 68.0 Å². The molecule has 0 unspecified atom stereocenters. The standard InChI is InChI=1S/C13H14N3O2.Y/c1-4-11-15-16-13(18-11)14-12(17)10-6-5-8(2)7-9(10)3;/h5-6H,4H2,1-3H3,(H,14,16,17);/q-1;. The second kappa shape index (κ2) is 6.92. The summed E-state index contributed by atoms with van der Waals surface area (Å²) in [6, 6.07) is 6.81. The third-order valence-corrected chi connectivity index (χ3v) is 2.52. The van der Waals surface area contributed by atoms with Gasteiger partial charge in [-0.2, -0.15) is 29.3 Å². The zero-order valence-corrected chi connectivity index (χ0v) is 14.0. The Balaban J connectivity index is 0.00000180. The van der Waals surface area contributed by atoms with E-state index >= 15 is 0 Å². The van der Waals surface area contributed by atoms with Crippen LogP contribution in [0.25, 0.3) is 0 Å². The van der Waals surface area contributed by atoms with E-state index in [1.54, 1.807) is 6.07 Å². The Kier molecular flexibility index (Phi) is 5.82. The molecule has 0 aliphatic rings. The van der Waals surface area contributed by atoms with Crippen molar-refractivity contribution in [1.29, 1.82) is 0 Å². The van der Waals surface area contributed by atoms with E-state index in [0.29, 0.717) is 17.9 Å². The van der Waals surface area contributed by atoms with Crippen LogP contribution < -0.4 is 5.32 Å². The molecule has 6 heteroatoms. The normalized spacial score (nSPS) is 9.84. The third kappa shape index (κ3) is 3.95. The van der Waals surface area contributed by atoms with Gasteiger partial charge in [0.15, 0.2) is 0 Å². The van der Waals surface area contributed by atoms with Gasteiger partial charge >= 0.3 is 6.01 Å². The van der Waals surface area contributed by atoms with Gasteiger partial charge in [0.2, 0.25) is 11.8 Å². The molecule has 0 fully saturated rings. The molecule has 2 rings (SSSR count). The monoisotopic (exact) mass is 333 g/mol. The van der Waals surface area contributed by atoms with E-state index in [4.69, 9.17) is 4.42 Å². The van der Waals surface area contributed by atoms with Crippen LogP contribution in [0, 0.1) is 19.9 Å². The Hall–Kier alpha value is -1.07. The summed E-state index contributed by atoms with van der Waals surface area (Å²) in [5.74, 6) is 0.229. The van der Waals surface area contributed by atoms with E-state index < -0.39 is 0 Å². The predicted octanol–water partition coefficient (Wildman–Crippen LogP) is 2.30.